The maximum Gasteiger partial charge on any atom is 0.148 e. The second-order valence-corrected chi connectivity index (χ2v) is 7.34. The van der Waals surface area contributed by atoms with E-state index in [9.17, 15) is 5.11 Å². The first-order chi connectivity index (χ1) is 15.6. The minimum Gasteiger partial charge on any atom is -0.497 e. The third-order valence-corrected chi connectivity index (χ3v) is 5.77. The maximum atomic E-state index is 12.6. The average Bonchev–Trinajstić information content (AvgIpc) is 2.87. The fourth-order valence-corrected chi connectivity index (χ4v) is 4.24. The van der Waals surface area contributed by atoms with Gasteiger partial charge in [-0.1, -0.05) is 42.5 Å². The largest absolute Gasteiger partial charge is 0.497 e. The van der Waals surface area contributed by atoms with Crippen LogP contribution >= 0.6 is 0 Å². The van der Waals surface area contributed by atoms with E-state index in [1.807, 2.05) is 72.8 Å². The van der Waals surface area contributed by atoms with Gasteiger partial charge in [0.1, 0.15) is 28.6 Å². The Morgan fingerprint density at radius 3 is 1.97 bits per heavy atom. The third-order valence-electron chi connectivity index (χ3n) is 5.77. The molecule has 5 heteroatoms. The van der Waals surface area contributed by atoms with Gasteiger partial charge in [-0.2, -0.15) is 0 Å². The van der Waals surface area contributed by atoms with E-state index in [0.717, 1.165) is 10.8 Å². The first-order valence-corrected chi connectivity index (χ1v) is 10.2. The molecule has 0 aliphatic rings. The molecule has 32 heavy (non-hydrogen) atoms. The Hall–Kier alpha value is -3.70. The summed E-state index contributed by atoms with van der Waals surface area (Å²) in [6.45, 7) is 0. The zero-order valence-corrected chi connectivity index (χ0v) is 18.6. The normalized spacial score (nSPS) is 12.8. The Bertz CT molecular complexity index is 1240. The van der Waals surface area contributed by atoms with Crippen LogP contribution in [0.1, 0.15) is 16.7 Å². The smallest absolute Gasteiger partial charge is 0.148 e. The lowest BCUT2D eigenvalue weighted by Gasteiger charge is -2.33. The summed E-state index contributed by atoms with van der Waals surface area (Å²) in [5.41, 5.74) is 0.264. The van der Waals surface area contributed by atoms with E-state index in [0.29, 0.717) is 39.7 Å². The molecular weight excluding hydrogens is 404 g/mol. The Balaban J connectivity index is 2.16. The van der Waals surface area contributed by atoms with Gasteiger partial charge in [-0.05, 0) is 41.3 Å². The van der Waals surface area contributed by atoms with E-state index in [1.165, 1.54) is 0 Å². The number of aliphatic hydroxyl groups is 1. The zero-order chi connectivity index (χ0) is 22.7. The Morgan fingerprint density at radius 1 is 0.594 bits per heavy atom. The van der Waals surface area contributed by atoms with Gasteiger partial charge in [-0.15, -0.1) is 0 Å². The van der Waals surface area contributed by atoms with Gasteiger partial charge in [-0.3, -0.25) is 0 Å². The summed E-state index contributed by atoms with van der Waals surface area (Å²) in [6.07, 6.45) is 0. The SMILES string of the molecule is COc1ccc(C(O)(c2ccccc2)c2c(OC)ccc3c(OC)cccc23)c(OC)c1. The van der Waals surface area contributed by atoms with Gasteiger partial charge >= 0.3 is 0 Å². The fourth-order valence-electron chi connectivity index (χ4n) is 4.24. The number of benzene rings is 4. The molecule has 0 radical (unpaired) electrons. The van der Waals surface area contributed by atoms with Gasteiger partial charge in [0, 0.05) is 22.6 Å². The van der Waals surface area contributed by atoms with Crippen molar-refractivity contribution in [3.8, 4) is 23.0 Å². The van der Waals surface area contributed by atoms with Gasteiger partial charge < -0.3 is 24.1 Å². The molecule has 0 aliphatic heterocycles. The quantitative estimate of drug-likeness (QED) is 0.411. The first-order valence-electron chi connectivity index (χ1n) is 10.2. The van der Waals surface area contributed by atoms with Gasteiger partial charge in [0.05, 0.1) is 28.4 Å². The van der Waals surface area contributed by atoms with Crippen molar-refractivity contribution in [1.29, 1.82) is 0 Å². The van der Waals surface area contributed by atoms with Crippen LogP contribution in [0.25, 0.3) is 10.8 Å². The van der Waals surface area contributed by atoms with Crippen molar-refractivity contribution in [2.24, 2.45) is 0 Å². The van der Waals surface area contributed by atoms with Crippen molar-refractivity contribution < 1.29 is 24.1 Å². The second-order valence-electron chi connectivity index (χ2n) is 7.34. The van der Waals surface area contributed by atoms with E-state index in [-0.39, 0.29) is 0 Å². The van der Waals surface area contributed by atoms with Gasteiger partial charge in [-0.25, -0.2) is 0 Å². The minimum absolute atomic E-state index is 0.498. The number of rotatable bonds is 7. The molecule has 0 saturated heterocycles. The van der Waals surface area contributed by atoms with E-state index >= 15 is 0 Å². The minimum atomic E-state index is -1.59. The lowest BCUT2D eigenvalue weighted by atomic mass is 9.77. The summed E-state index contributed by atoms with van der Waals surface area (Å²) < 4.78 is 22.4. The fraction of sp³-hybridized carbons (Fsp3) is 0.185. The lowest BCUT2D eigenvalue weighted by Crippen LogP contribution is -2.30. The summed E-state index contributed by atoms with van der Waals surface area (Å²) in [7, 11) is 6.40. The molecule has 0 heterocycles. The van der Waals surface area contributed by atoms with Crippen LogP contribution in [0, 0.1) is 0 Å². The number of fused-ring (bicyclic) bond motifs is 1. The summed E-state index contributed by atoms with van der Waals surface area (Å²) >= 11 is 0. The molecule has 0 amide bonds. The highest BCUT2D eigenvalue weighted by atomic mass is 16.5. The highest BCUT2D eigenvalue weighted by molar-refractivity contribution is 5.94. The van der Waals surface area contributed by atoms with E-state index < -0.39 is 5.60 Å². The molecule has 1 unspecified atom stereocenters. The second kappa shape index (κ2) is 8.81. The molecule has 4 aromatic rings. The van der Waals surface area contributed by atoms with Gasteiger partial charge in [0.25, 0.3) is 0 Å². The molecule has 1 atom stereocenters. The summed E-state index contributed by atoms with van der Waals surface area (Å²) in [5.74, 6) is 2.39. The number of hydrogen-bond acceptors (Lipinski definition) is 5. The predicted octanol–water partition coefficient (Wildman–Crippen LogP) is 5.16. The van der Waals surface area contributed by atoms with Crippen LogP contribution in [-0.4, -0.2) is 33.5 Å². The van der Waals surface area contributed by atoms with Crippen LogP contribution in [0.4, 0.5) is 0 Å². The van der Waals surface area contributed by atoms with E-state index in [1.54, 1.807) is 34.5 Å². The number of ether oxygens (including phenoxy) is 4. The van der Waals surface area contributed by atoms with Crippen molar-refractivity contribution >= 4 is 10.8 Å². The molecule has 0 bridgehead atoms. The summed E-state index contributed by atoms with van der Waals surface area (Å²) in [6, 6.07) is 24.4. The molecule has 4 rings (SSSR count). The van der Waals surface area contributed by atoms with Crippen LogP contribution in [0.5, 0.6) is 23.0 Å². The molecule has 4 aromatic carbocycles. The lowest BCUT2D eigenvalue weighted by molar-refractivity contribution is 0.120. The molecule has 5 nitrogen and oxygen atoms in total. The predicted molar refractivity (Wildman–Crippen MR) is 125 cm³/mol. The third kappa shape index (κ3) is 3.41. The van der Waals surface area contributed by atoms with Crippen LogP contribution in [0.15, 0.2) is 78.9 Å². The summed E-state index contributed by atoms with van der Waals surface area (Å²) in [4.78, 5) is 0. The number of hydrogen-bond donors (Lipinski definition) is 1. The van der Waals surface area contributed by atoms with Gasteiger partial charge in [0.2, 0.25) is 0 Å². The molecule has 0 saturated carbocycles. The molecule has 164 valence electrons. The van der Waals surface area contributed by atoms with Crippen molar-refractivity contribution in [2.45, 2.75) is 5.60 Å². The van der Waals surface area contributed by atoms with Crippen LogP contribution in [0.3, 0.4) is 0 Å². The van der Waals surface area contributed by atoms with Crippen LogP contribution in [-0.2, 0) is 5.60 Å². The topological polar surface area (TPSA) is 57.2 Å². The standard InChI is InChI=1S/C27H26O5/c1-29-19-13-15-22(25(17-19)32-4)27(28,18-9-6-5-7-10-18)26-21-11-8-12-23(30-2)20(21)14-16-24(26)31-3/h5-17,28H,1-4H3. The van der Waals surface area contributed by atoms with Gasteiger partial charge in [0.15, 0.2) is 0 Å². The highest BCUT2D eigenvalue weighted by Gasteiger charge is 2.40. The average molecular weight is 431 g/mol. The highest BCUT2D eigenvalue weighted by Crippen LogP contribution is 2.49. The Labute approximate surface area is 187 Å². The maximum absolute atomic E-state index is 12.6. The van der Waals surface area contributed by atoms with Crippen molar-refractivity contribution in [2.75, 3.05) is 28.4 Å². The monoisotopic (exact) mass is 430 g/mol. The molecule has 0 fully saturated rings. The number of methoxy groups -OCH3 is 4. The van der Waals surface area contributed by atoms with Crippen LogP contribution < -0.4 is 18.9 Å². The Kier molecular flexibility index (Phi) is 5.93. The van der Waals surface area contributed by atoms with E-state index in [2.05, 4.69) is 0 Å². The Morgan fingerprint density at radius 2 is 1.31 bits per heavy atom. The van der Waals surface area contributed by atoms with Crippen molar-refractivity contribution in [1.82, 2.24) is 0 Å². The molecule has 1 N–H and O–H groups in total. The zero-order valence-electron chi connectivity index (χ0n) is 18.6. The van der Waals surface area contributed by atoms with E-state index in [4.69, 9.17) is 18.9 Å². The summed E-state index contributed by atoms with van der Waals surface area (Å²) in [5, 5.41) is 14.3. The molecular formula is C27H26O5. The molecule has 0 aromatic heterocycles. The molecule has 0 aliphatic carbocycles. The van der Waals surface area contributed by atoms with Crippen LogP contribution in [0.2, 0.25) is 0 Å². The van der Waals surface area contributed by atoms with Crippen molar-refractivity contribution in [3.63, 3.8) is 0 Å². The molecule has 0 spiro atoms. The van der Waals surface area contributed by atoms with Crippen molar-refractivity contribution in [3.05, 3.63) is 95.6 Å². The first kappa shape index (κ1) is 21.5.